The van der Waals surface area contributed by atoms with Gasteiger partial charge >= 0.3 is 0 Å². The summed E-state index contributed by atoms with van der Waals surface area (Å²) in [5.74, 6) is -1.05. The van der Waals surface area contributed by atoms with Crippen molar-refractivity contribution in [3.8, 4) is 6.07 Å². The first-order chi connectivity index (χ1) is 7.35. The van der Waals surface area contributed by atoms with Crippen LogP contribution in [0, 0.1) is 17.1 Å². The van der Waals surface area contributed by atoms with Crippen molar-refractivity contribution >= 4 is 17.5 Å². The van der Waals surface area contributed by atoms with Gasteiger partial charge in [-0.15, -0.1) is 0 Å². The molecule has 0 bridgehead atoms. The third kappa shape index (κ3) is 2.94. The Balaban J connectivity index is 2.91. The van der Waals surface area contributed by atoms with Crippen LogP contribution in [0.15, 0.2) is 18.2 Å². The van der Waals surface area contributed by atoms with Crippen LogP contribution in [0.5, 0.6) is 0 Å². The summed E-state index contributed by atoms with van der Waals surface area (Å²) in [6.07, 6.45) is 0. The molecule has 1 rings (SSSR count). The molecule has 0 fully saturated rings. The summed E-state index contributed by atoms with van der Waals surface area (Å²) in [5, 5.41) is 11.1. The third-order valence-electron chi connectivity index (χ3n) is 1.89. The van der Waals surface area contributed by atoms with E-state index in [0.29, 0.717) is 0 Å². The highest BCUT2D eigenvalue weighted by molar-refractivity contribution is 6.31. The molecule has 5 heteroatoms. The quantitative estimate of drug-likeness (QED) is 0.864. The molecule has 1 aromatic rings. The predicted molar refractivity (Wildman–Crippen MR) is 58.6 cm³/mol. The molecular weight excluding hydrogens is 231 g/mol. The van der Waals surface area contributed by atoms with Crippen LogP contribution >= 0.6 is 11.6 Å². The van der Waals surface area contributed by atoms with Crippen molar-refractivity contribution in [1.82, 2.24) is 5.32 Å². The molecule has 0 aliphatic heterocycles. The Morgan fingerprint density at radius 1 is 1.56 bits per heavy atom. The maximum absolute atomic E-state index is 12.9. The van der Waals surface area contributed by atoms with Crippen molar-refractivity contribution in [2.24, 2.45) is 0 Å². The van der Waals surface area contributed by atoms with Crippen LogP contribution in [-0.2, 0) is 0 Å². The fraction of sp³-hybridized carbons (Fsp3) is 0.273. The van der Waals surface area contributed by atoms with Crippen LogP contribution in [0.25, 0.3) is 0 Å². The zero-order valence-electron chi connectivity index (χ0n) is 8.84. The first kappa shape index (κ1) is 12.5. The number of hydrogen-bond acceptors (Lipinski definition) is 2. The Hall–Kier alpha value is -1.60. The van der Waals surface area contributed by atoms with E-state index in [1.807, 2.05) is 6.07 Å². The van der Waals surface area contributed by atoms with Gasteiger partial charge in [-0.25, -0.2) is 4.39 Å². The smallest absolute Gasteiger partial charge is 0.252 e. The first-order valence-corrected chi connectivity index (χ1v) is 4.92. The Labute approximate surface area is 97.8 Å². The molecule has 0 unspecified atom stereocenters. The minimum absolute atomic E-state index is 0.123. The highest BCUT2D eigenvalue weighted by Crippen LogP contribution is 2.16. The Bertz CT molecular complexity index is 466. The lowest BCUT2D eigenvalue weighted by Gasteiger charge is -2.17. The average molecular weight is 241 g/mol. The number of nitrogens with one attached hydrogen (secondary N) is 1. The molecule has 0 heterocycles. The lowest BCUT2D eigenvalue weighted by atomic mass is 10.1. The van der Waals surface area contributed by atoms with Crippen LogP contribution in [0.1, 0.15) is 24.2 Å². The number of nitriles is 1. The van der Waals surface area contributed by atoms with E-state index in [2.05, 4.69) is 5.32 Å². The highest BCUT2D eigenvalue weighted by Gasteiger charge is 2.20. The molecule has 1 N–H and O–H groups in total. The molecule has 3 nitrogen and oxygen atoms in total. The summed E-state index contributed by atoms with van der Waals surface area (Å²) < 4.78 is 12.9. The van der Waals surface area contributed by atoms with Crippen LogP contribution in [0.3, 0.4) is 0 Å². The number of nitrogens with zero attached hydrogens (tertiary/aromatic N) is 1. The topological polar surface area (TPSA) is 52.9 Å². The number of carbonyl (C=O) groups is 1. The number of benzene rings is 1. The van der Waals surface area contributed by atoms with Crippen LogP contribution < -0.4 is 5.32 Å². The van der Waals surface area contributed by atoms with Gasteiger partial charge in [-0.1, -0.05) is 11.6 Å². The summed E-state index contributed by atoms with van der Waals surface area (Å²) in [6.45, 7) is 3.13. The number of amides is 1. The fourth-order valence-corrected chi connectivity index (χ4v) is 1.20. The largest absolute Gasteiger partial charge is 0.334 e. The number of halogens is 2. The summed E-state index contributed by atoms with van der Waals surface area (Å²) in [4.78, 5) is 11.6. The second kappa shape index (κ2) is 4.50. The minimum Gasteiger partial charge on any atom is -0.334 e. The monoisotopic (exact) mass is 240 g/mol. The van der Waals surface area contributed by atoms with Gasteiger partial charge in [0.2, 0.25) is 0 Å². The van der Waals surface area contributed by atoms with Gasteiger partial charge in [0.05, 0.1) is 11.1 Å². The van der Waals surface area contributed by atoms with Crippen molar-refractivity contribution < 1.29 is 9.18 Å². The van der Waals surface area contributed by atoms with Crippen molar-refractivity contribution in [2.75, 3.05) is 0 Å². The van der Waals surface area contributed by atoms with Gasteiger partial charge in [-0.05, 0) is 32.0 Å². The normalized spacial score (nSPS) is 10.7. The van der Waals surface area contributed by atoms with Crippen molar-refractivity contribution in [3.63, 3.8) is 0 Å². The van der Waals surface area contributed by atoms with E-state index in [-0.39, 0.29) is 10.6 Å². The molecule has 0 atom stereocenters. The standard InChI is InChI=1S/C11H10ClFN2O/c1-11(2,6-14)15-10(16)7-3-4-9(13)8(12)5-7/h3-5H,1-2H3,(H,15,16). The molecule has 1 aromatic carbocycles. The van der Waals surface area contributed by atoms with E-state index in [4.69, 9.17) is 16.9 Å². The second-order valence-electron chi connectivity index (χ2n) is 3.82. The summed E-state index contributed by atoms with van der Waals surface area (Å²) >= 11 is 5.54. The Morgan fingerprint density at radius 3 is 2.69 bits per heavy atom. The zero-order valence-corrected chi connectivity index (χ0v) is 9.60. The highest BCUT2D eigenvalue weighted by atomic mass is 35.5. The van der Waals surface area contributed by atoms with E-state index in [9.17, 15) is 9.18 Å². The zero-order chi connectivity index (χ0) is 12.3. The molecular formula is C11H10ClFN2O. The minimum atomic E-state index is -0.974. The lowest BCUT2D eigenvalue weighted by Crippen LogP contribution is -2.42. The van der Waals surface area contributed by atoms with Crippen LogP contribution in [0.2, 0.25) is 5.02 Å². The molecule has 0 spiro atoms. The van der Waals surface area contributed by atoms with Crippen LogP contribution in [0.4, 0.5) is 4.39 Å². The third-order valence-corrected chi connectivity index (χ3v) is 2.18. The van der Waals surface area contributed by atoms with Crippen molar-refractivity contribution in [2.45, 2.75) is 19.4 Å². The summed E-state index contributed by atoms with van der Waals surface area (Å²) in [6, 6.07) is 5.57. The summed E-state index contributed by atoms with van der Waals surface area (Å²) in [5.41, 5.74) is -0.757. The van der Waals surface area contributed by atoms with Gasteiger partial charge in [-0.2, -0.15) is 5.26 Å². The van der Waals surface area contributed by atoms with Gasteiger partial charge in [-0.3, -0.25) is 4.79 Å². The molecule has 0 aromatic heterocycles. The molecule has 0 radical (unpaired) electrons. The second-order valence-corrected chi connectivity index (χ2v) is 4.23. The van der Waals surface area contributed by atoms with E-state index in [0.717, 1.165) is 6.07 Å². The van der Waals surface area contributed by atoms with Crippen molar-refractivity contribution in [1.29, 1.82) is 5.26 Å². The van der Waals surface area contributed by atoms with E-state index in [1.54, 1.807) is 13.8 Å². The lowest BCUT2D eigenvalue weighted by molar-refractivity contribution is 0.0929. The van der Waals surface area contributed by atoms with Gasteiger partial charge < -0.3 is 5.32 Å². The molecule has 84 valence electrons. The van der Waals surface area contributed by atoms with Gasteiger partial charge in [0.25, 0.3) is 5.91 Å². The van der Waals surface area contributed by atoms with Gasteiger partial charge in [0.1, 0.15) is 11.4 Å². The molecule has 0 aliphatic carbocycles. The maximum atomic E-state index is 12.9. The molecule has 0 aliphatic rings. The number of rotatable bonds is 2. The Morgan fingerprint density at radius 2 is 2.19 bits per heavy atom. The molecule has 0 saturated carbocycles. The van der Waals surface area contributed by atoms with Crippen LogP contribution in [-0.4, -0.2) is 11.4 Å². The SMILES string of the molecule is CC(C)(C#N)NC(=O)c1ccc(F)c(Cl)c1. The molecule has 0 saturated heterocycles. The van der Waals surface area contributed by atoms with E-state index in [1.165, 1.54) is 12.1 Å². The average Bonchev–Trinajstić information content (AvgIpc) is 2.21. The van der Waals surface area contributed by atoms with Crippen molar-refractivity contribution in [3.05, 3.63) is 34.6 Å². The van der Waals surface area contributed by atoms with E-state index < -0.39 is 17.3 Å². The molecule has 1 amide bonds. The van der Waals surface area contributed by atoms with Gasteiger partial charge in [0.15, 0.2) is 0 Å². The fourth-order valence-electron chi connectivity index (χ4n) is 1.02. The van der Waals surface area contributed by atoms with E-state index >= 15 is 0 Å². The maximum Gasteiger partial charge on any atom is 0.252 e. The molecule has 16 heavy (non-hydrogen) atoms. The number of carbonyl (C=O) groups excluding carboxylic acids is 1. The number of hydrogen-bond donors (Lipinski definition) is 1. The van der Waals surface area contributed by atoms with Gasteiger partial charge in [0, 0.05) is 5.56 Å². The Kier molecular flexibility index (Phi) is 3.51. The first-order valence-electron chi connectivity index (χ1n) is 4.54. The summed E-state index contributed by atoms with van der Waals surface area (Å²) in [7, 11) is 0. The predicted octanol–water partition coefficient (Wildman–Crippen LogP) is 2.51.